The first-order chi connectivity index (χ1) is 8.15. The van der Waals surface area contributed by atoms with E-state index < -0.39 is 0 Å². The van der Waals surface area contributed by atoms with Crippen molar-refractivity contribution in [3.05, 3.63) is 29.3 Å². The molecule has 1 fully saturated rings. The minimum atomic E-state index is -0.180. The number of rotatable bonds is 1. The summed E-state index contributed by atoms with van der Waals surface area (Å²) in [4.78, 5) is 35.9. The number of fused-ring (bicyclic) bond motifs is 1. The molecule has 4 nitrogen and oxygen atoms in total. The van der Waals surface area contributed by atoms with Gasteiger partial charge in [0.05, 0.1) is 13.0 Å². The van der Waals surface area contributed by atoms with Crippen molar-refractivity contribution in [3.8, 4) is 0 Å². The van der Waals surface area contributed by atoms with E-state index >= 15 is 0 Å². The van der Waals surface area contributed by atoms with Crippen LogP contribution in [-0.2, 0) is 16.0 Å². The smallest absolute Gasteiger partial charge is 0.234 e. The Morgan fingerprint density at radius 1 is 1.06 bits per heavy atom. The van der Waals surface area contributed by atoms with Crippen LogP contribution >= 0.6 is 0 Å². The maximum Gasteiger partial charge on any atom is 0.234 e. The van der Waals surface area contributed by atoms with Crippen molar-refractivity contribution in [2.75, 3.05) is 11.4 Å². The van der Waals surface area contributed by atoms with Crippen LogP contribution in [0, 0.1) is 0 Å². The van der Waals surface area contributed by atoms with E-state index in [0.717, 1.165) is 12.0 Å². The Hall–Kier alpha value is -1.97. The number of amides is 1. The number of benzene rings is 1. The Morgan fingerprint density at radius 3 is 2.59 bits per heavy atom. The van der Waals surface area contributed by atoms with Crippen molar-refractivity contribution in [2.24, 2.45) is 0 Å². The zero-order valence-electron chi connectivity index (χ0n) is 9.23. The highest BCUT2D eigenvalue weighted by Gasteiger charge is 2.30. The van der Waals surface area contributed by atoms with Crippen LogP contribution < -0.4 is 4.90 Å². The van der Waals surface area contributed by atoms with E-state index in [1.54, 1.807) is 6.07 Å². The minimum absolute atomic E-state index is 0.0228. The number of aryl methyl sites for hydroxylation is 1. The van der Waals surface area contributed by atoms with Crippen molar-refractivity contribution in [1.82, 2.24) is 0 Å². The third-order valence-corrected chi connectivity index (χ3v) is 3.31. The molecule has 2 aliphatic rings. The summed E-state index contributed by atoms with van der Waals surface area (Å²) in [5.74, 6) is -0.123. The number of ketones is 2. The highest BCUT2D eigenvalue weighted by Crippen LogP contribution is 2.28. The Bertz CT molecular complexity index is 548. The molecule has 0 spiro atoms. The van der Waals surface area contributed by atoms with Crippen molar-refractivity contribution >= 4 is 23.2 Å². The molecule has 0 N–H and O–H groups in total. The van der Waals surface area contributed by atoms with Crippen molar-refractivity contribution in [1.29, 1.82) is 0 Å². The fourth-order valence-electron chi connectivity index (χ4n) is 2.41. The second kappa shape index (κ2) is 3.52. The highest BCUT2D eigenvalue weighted by molar-refractivity contribution is 6.15. The summed E-state index contributed by atoms with van der Waals surface area (Å²) in [6.45, 7) is 0.131. The lowest BCUT2D eigenvalue weighted by atomic mass is 10.1. The first-order valence-corrected chi connectivity index (χ1v) is 5.63. The van der Waals surface area contributed by atoms with Gasteiger partial charge in [-0.05, 0) is 24.1 Å². The van der Waals surface area contributed by atoms with Crippen LogP contribution in [0.2, 0.25) is 0 Å². The average Bonchev–Trinajstić information content (AvgIpc) is 2.83. The lowest BCUT2D eigenvalue weighted by molar-refractivity contribution is -0.121. The summed E-state index contributed by atoms with van der Waals surface area (Å²) in [7, 11) is 0. The topological polar surface area (TPSA) is 54.5 Å². The molecule has 0 bridgehead atoms. The van der Waals surface area contributed by atoms with Gasteiger partial charge in [0.15, 0.2) is 11.6 Å². The number of Topliss-reactive ketones (excluding diaryl/α,β-unsaturated/α-hetero) is 2. The van der Waals surface area contributed by atoms with E-state index in [0.29, 0.717) is 17.7 Å². The molecular formula is C13H11NO3. The standard InChI is InChI=1S/C13H11NO3/c15-10-6-13(17)14(7-10)9-3-1-8-2-4-12(16)11(8)5-9/h1,3,5H,2,4,6-7H2. The lowest BCUT2D eigenvalue weighted by Gasteiger charge is -2.15. The van der Waals surface area contributed by atoms with E-state index in [9.17, 15) is 14.4 Å². The summed E-state index contributed by atoms with van der Waals surface area (Å²) in [5, 5.41) is 0. The van der Waals surface area contributed by atoms with Gasteiger partial charge >= 0.3 is 0 Å². The maximum absolute atomic E-state index is 11.6. The van der Waals surface area contributed by atoms with E-state index in [1.807, 2.05) is 12.1 Å². The van der Waals surface area contributed by atoms with Crippen LogP contribution in [0.15, 0.2) is 18.2 Å². The molecule has 0 radical (unpaired) electrons. The normalized spacial score (nSPS) is 19.1. The Balaban J connectivity index is 2.00. The molecule has 86 valence electrons. The molecule has 0 atom stereocenters. The predicted octanol–water partition coefficient (Wildman–Crippen LogP) is 1.12. The Kier molecular flexibility index (Phi) is 2.11. The molecule has 1 aromatic rings. The minimum Gasteiger partial charge on any atom is -0.305 e. The molecule has 1 aliphatic carbocycles. The number of nitrogens with zero attached hydrogens (tertiary/aromatic N) is 1. The number of carbonyl (C=O) groups is 3. The van der Waals surface area contributed by atoms with E-state index in [4.69, 9.17) is 0 Å². The molecule has 0 unspecified atom stereocenters. The monoisotopic (exact) mass is 229 g/mol. The summed E-state index contributed by atoms with van der Waals surface area (Å²) >= 11 is 0. The maximum atomic E-state index is 11.6. The molecule has 1 aromatic carbocycles. The summed E-state index contributed by atoms with van der Waals surface area (Å²) in [5.41, 5.74) is 2.40. The van der Waals surface area contributed by atoms with Crippen LogP contribution in [0.3, 0.4) is 0 Å². The number of hydrogen-bond acceptors (Lipinski definition) is 3. The molecule has 3 rings (SSSR count). The fourth-order valence-corrected chi connectivity index (χ4v) is 2.41. The summed E-state index contributed by atoms with van der Waals surface area (Å²) in [6, 6.07) is 5.43. The van der Waals surface area contributed by atoms with Gasteiger partial charge in [0.2, 0.25) is 5.91 Å². The summed E-state index contributed by atoms with van der Waals surface area (Å²) < 4.78 is 0. The molecular weight excluding hydrogens is 218 g/mol. The molecule has 0 saturated carbocycles. The largest absolute Gasteiger partial charge is 0.305 e. The van der Waals surface area contributed by atoms with Gasteiger partial charge in [-0.1, -0.05) is 6.07 Å². The van der Waals surface area contributed by atoms with Gasteiger partial charge in [-0.15, -0.1) is 0 Å². The van der Waals surface area contributed by atoms with Gasteiger partial charge in [0.1, 0.15) is 0 Å². The number of anilines is 1. The number of carbonyl (C=O) groups excluding carboxylic acids is 3. The van der Waals surface area contributed by atoms with Gasteiger partial charge in [-0.3, -0.25) is 14.4 Å². The Labute approximate surface area is 98.2 Å². The first kappa shape index (κ1) is 10.2. The molecule has 17 heavy (non-hydrogen) atoms. The molecule has 4 heteroatoms. The average molecular weight is 229 g/mol. The zero-order valence-corrected chi connectivity index (χ0v) is 9.23. The molecule has 1 saturated heterocycles. The second-order valence-corrected chi connectivity index (χ2v) is 4.46. The van der Waals surface area contributed by atoms with Crippen molar-refractivity contribution in [3.63, 3.8) is 0 Å². The first-order valence-electron chi connectivity index (χ1n) is 5.63. The van der Waals surface area contributed by atoms with Gasteiger partial charge in [-0.2, -0.15) is 0 Å². The molecule has 0 aromatic heterocycles. The van der Waals surface area contributed by atoms with Crippen LogP contribution in [0.1, 0.15) is 28.8 Å². The van der Waals surface area contributed by atoms with Crippen molar-refractivity contribution < 1.29 is 14.4 Å². The number of hydrogen-bond donors (Lipinski definition) is 0. The fraction of sp³-hybridized carbons (Fsp3) is 0.308. The summed E-state index contributed by atoms with van der Waals surface area (Å²) in [6.07, 6.45) is 1.30. The van der Waals surface area contributed by atoms with E-state index in [1.165, 1.54) is 4.90 Å². The SMILES string of the molecule is O=C1CC(=O)N(c2ccc3c(c2)C(=O)CC3)C1. The highest BCUT2D eigenvalue weighted by atomic mass is 16.2. The predicted molar refractivity (Wildman–Crippen MR) is 61.1 cm³/mol. The van der Waals surface area contributed by atoms with E-state index in [-0.39, 0.29) is 30.4 Å². The van der Waals surface area contributed by atoms with E-state index in [2.05, 4.69) is 0 Å². The quantitative estimate of drug-likeness (QED) is 0.678. The zero-order chi connectivity index (χ0) is 12.0. The third-order valence-electron chi connectivity index (χ3n) is 3.31. The lowest BCUT2D eigenvalue weighted by Crippen LogP contribution is -2.24. The van der Waals surface area contributed by atoms with Crippen LogP contribution in [0.4, 0.5) is 5.69 Å². The van der Waals surface area contributed by atoms with Gasteiger partial charge in [0, 0.05) is 17.7 Å². The molecule has 1 amide bonds. The Morgan fingerprint density at radius 2 is 1.88 bits per heavy atom. The van der Waals surface area contributed by atoms with Gasteiger partial charge < -0.3 is 4.90 Å². The molecule has 1 heterocycles. The van der Waals surface area contributed by atoms with Crippen LogP contribution in [0.5, 0.6) is 0 Å². The van der Waals surface area contributed by atoms with Gasteiger partial charge in [-0.25, -0.2) is 0 Å². The van der Waals surface area contributed by atoms with Crippen molar-refractivity contribution in [2.45, 2.75) is 19.3 Å². The van der Waals surface area contributed by atoms with Crippen LogP contribution in [0.25, 0.3) is 0 Å². The molecule has 1 aliphatic heterocycles. The third kappa shape index (κ3) is 1.56. The second-order valence-electron chi connectivity index (χ2n) is 4.46. The van der Waals surface area contributed by atoms with Crippen LogP contribution in [-0.4, -0.2) is 24.0 Å². The van der Waals surface area contributed by atoms with Gasteiger partial charge in [0.25, 0.3) is 0 Å².